The SMILES string of the molecule is c1ccc(-c2nc(-c3ccccc3)nc(-c3ccc(-c4cccc(-n5c6ccccc6c6c(-c7nc8cc(-c9cccc(-c%10nc(-c%11ccccc%11)nc(-c%11ccc%12cc(-n%13c%14ccccc%14c%14c(-c%15nc%16ccccc%16o%15)cccc%14%13)ccc%12c%11)n%10)c9)ccc8o7)cccc65)c4)cc3)n2)cc1. The molecule has 0 spiro atoms. The fourth-order valence-corrected chi connectivity index (χ4v) is 14.4. The largest absolute Gasteiger partial charge is 0.436 e. The minimum absolute atomic E-state index is 0.541. The molecule has 0 radical (unpaired) electrons. The van der Waals surface area contributed by atoms with Gasteiger partial charge in [-0.2, -0.15) is 0 Å². The first kappa shape index (κ1) is 58.1. The van der Waals surface area contributed by atoms with Gasteiger partial charge in [0.25, 0.3) is 0 Å². The first-order valence-electron chi connectivity index (χ1n) is 33.9. The van der Waals surface area contributed by atoms with Crippen LogP contribution in [0.4, 0.5) is 0 Å². The molecule has 20 aromatic rings. The molecule has 0 aliphatic carbocycles. The Balaban J connectivity index is 0.609. The fourth-order valence-electron chi connectivity index (χ4n) is 14.4. The molecular formula is C90H54N10O2. The molecular weight excluding hydrogens is 1250 g/mol. The van der Waals surface area contributed by atoms with Gasteiger partial charge in [-0.05, 0) is 130 Å². The normalized spacial score (nSPS) is 11.7. The lowest BCUT2D eigenvalue weighted by Crippen LogP contribution is -2.00. The maximum Gasteiger partial charge on any atom is 0.228 e. The van der Waals surface area contributed by atoms with Gasteiger partial charge >= 0.3 is 0 Å². The van der Waals surface area contributed by atoms with Crippen LogP contribution in [0.25, 0.3) is 201 Å². The molecule has 0 aliphatic heterocycles. The van der Waals surface area contributed by atoms with Crippen molar-refractivity contribution >= 4 is 76.6 Å². The number of para-hydroxylation sites is 4. The maximum atomic E-state index is 6.74. The van der Waals surface area contributed by atoms with Crippen LogP contribution < -0.4 is 0 Å². The van der Waals surface area contributed by atoms with E-state index in [0.717, 1.165) is 149 Å². The average Bonchev–Trinajstić information content (AvgIpc) is 1.58. The summed E-state index contributed by atoms with van der Waals surface area (Å²) in [7, 11) is 0. The van der Waals surface area contributed by atoms with Crippen LogP contribution in [0.5, 0.6) is 0 Å². The summed E-state index contributed by atoms with van der Waals surface area (Å²) in [6.45, 7) is 0. The zero-order valence-corrected chi connectivity index (χ0v) is 54.5. The molecule has 0 amide bonds. The number of hydrogen-bond acceptors (Lipinski definition) is 10. The van der Waals surface area contributed by atoms with Gasteiger partial charge in [-0.1, -0.05) is 231 Å². The maximum absolute atomic E-state index is 6.74. The topological polar surface area (TPSA) is 139 Å². The summed E-state index contributed by atoms with van der Waals surface area (Å²) in [4.78, 5) is 40.6. The summed E-state index contributed by atoms with van der Waals surface area (Å²) >= 11 is 0. The van der Waals surface area contributed by atoms with Crippen LogP contribution in [0.3, 0.4) is 0 Å². The Labute approximate surface area is 583 Å². The Morgan fingerprint density at radius 1 is 0.216 bits per heavy atom. The summed E-state index contributed by atoms with van der Waals surface area (Å²) in [5, 5.41) is 6.50. The Morgan fingerprint density at radius 2 is 0.598 bits per heavy atom. The van der Waals surface area contributed by atoms with Gasteiger partial charge in [0.15, 0.2) is 46.1 Å². The molecule has 102 heavy (non-hydrogen) atoms. The first-order valence-corrected chi connectivity index (χ1v) is 33.9. The van der Waals surface area contributed by atoms with Crippen molar-refractivity contribution in [3.05, 3.63) is 328 Å². The lowest BCUT2D eigenvalue weighted by atomic mass is 10.0. The molecule has 0 bridgehead atoms. The molecule has 476 valence electrons. The number of benzene rings is 14. The lowest BCUT2D eigenvalue weighted by molar-refractivity contribution is 0.620. The lowest BCUT2D eigenvalue weighted by Gasteiger charge is -2.12. The average molecular weight is 1310 g/mol. The quantitative estimate of drug-likeness (QED) is 0.116. The minimum Gasteiger partial charge on any atom is -0.436 e. The molecule has 6 heterocycles. The van der Waals surface area contributed by atoms with Gasteiger partial charge in [0.2, 0.25) is 11.8 Å². The van der Waals surface area contributed by atoms with Crippen LogP contribution in [0.2, 0.25) is 0 Å². The Bertz CT molecular complexity index is 6610. The van der Waals surface area contributed by atoms with Gasteiger partial charge in [-0.25, -0.2) is 39.9 Å². The van der Waals surface area contributed by atoms with Crippen LogP contribution in [-0.4, -0.2) is 49.0 Å². The number of fused-ring (bicyclic) bond motifs is 9. The number of nitrogens with zero attached hydrogens (tertiary/aromatic N) is 10. The van der Waals surface area contributed by atoms with E-state index >= 15 is 0 Å². The van der Waals surface area contributed by atoms with Gasteiger partial charge in [-0.15, -0.1) is 0 Å². The van der Waals surface area contributed by atoms with Crippen molar-refractivity contribution < 1.29 is 8.83 Å². The van der Waals surface area contributed by atoms with Gasteiger partial charge in [-0.3, -0.25) is 0 Å². The van der Waals surface area contributed by atoms with Gasteiger partial charge < -0.3 is 18.0 Å². The zero-order valence-electron chi connectivity index (χ0n) is 54.5. The number of rotatable bonds is 12. The molecule has 12 nitrogen and oxygen atoms in total. The van der Waals surface area contributed by atoms with Gasteiger partial charge in [0, 0.05) is 77.4 Å². The number of hydrogen-bond donors (Lipinski definition) is 0. The van der Waals surface area contributed by atoms with E-state index in [0.29, 0.717) is 52.3 Å². The molecule has 14 aromatic carbocycles. The Hall–Kier alpha value is -14.1. The fraction of sp³-hybridized carbons (Fsp3) is 0. The summed E-state index contributed by atoms with van der Waals surface area (Å²) in [6, 6.07) is 113. The second-order valence-electron chi connectivity index (χ2n) is 25.5. The summed E-state index contributed by atoms with van der Waals surface area (Å²) in [5.41, 5.74) is 20.7. The summed E-state index contributed by atoms with van der Waals surface area (Å²) < 4.78 is 17.8. The van der Waals surface area contributed by atoms with E-state index in [9.17, 15) is 0 Å². The molecule has 0 atom stereocenters. The van der Waals surface area contributed by atoms with E-state index < -0.39 is 0 Å². The van der Waals surface area contributed by atoms with Crippen molar-refractivity contribution in [3.63, 3.8) is 0 Å². The third-order valence-electron chi connectivity index (χ3n) is 19.3. The van der Waals surface area contributed by atoms with E-state index in [4.69, 9.17) is 48.7 Å². The number of oxazole rings is 2. The summed E-state index contributed by atoms with van der Waals surface area (Å²) in [5.74, 6) is 4.72. The highest BCUT2D eigenvalue weighted by Gasteiger charge is 2.23. The highest BCUT2D eigenvalue weighted by Crippen LogP contribution is 2.43. The predicted octanol–water partition coefficient (Wildman–Crippen LogP) is 22.4. The first-order chi connectivity index (χ1) is 50.5. The second kappa shape index (κ2) is 23.9. The monoisotopic (exact) mass is 1310 g/mol. The van der Waals surface area contributed by atoms with E-state index in [-0.39, 0.29) is 0 Å². The third-order valence-corrected chi connectivity index (χ3v) is 19.3. The third kappa shape index (κ3) is 10.1. The number of aromatic nitrogens is 10. The van der Waals surface area contributed by atoms with Crippen LogP contribution in [-0.2, 0) is 0 Å². The molecule has 0 aliphatic rings. The van der Waals surface area contributed by atoms with Crippen LogP contribution >= 0.6 is 0 Å². The van der Waals surface area contributed by atoms with Crippen molar-refractivity contribution in [1.29, 1.82) is 0 Å². The molecule has 0 fully saturated rings. The van der Waals surface area contributed by atoms with Crippen LogP contribution in [0.1, 0.15) is 0 Å². The smallest absolute Gasteiger partial charge is 0.228 e. The van der Waals surface area contributed by atoms with Crippen molar-refractivity contribution in [2.24, 2.45) is 0 Å². The second-order valence-corrected chi connectivity index (χ2v) is 25.5. The van der Waals surface area contributed by atoms with E-state index in [2.05, 4.69) is 215 Å². The summed E-state index contributed by atoms with van der Waals surface area (Å²) in [6.07, 6.45) is 0. The minimum atomic E-state index is 0.541. The molecule has 6 aromatic heterocycles. The van der Waals surface area contributed by atoms with E-state index in [1.807, 2.05) is 121 Å². The van der Waals surface area contributed by atoms with Gasteiger partial charge in [0.1, 0.15) is 11.0 Å². The Morgan fingerprint density at radius 3 is 1.19 bits per heavy atom. The van der Waals surface area contributed by atoms with Crippen molar-refractivity contribution in [2.75, 3.05) is 0 Å². The highest BCUT2D eigenvalue weighted by atomic mass is 16.4. The van der Waals surface area contributed by atoms with Crippen LogP contribution in [0, 0.1) is 0 Å². The van der Waals surface area contributed by atoms with Crippen LogP contribution in [0.15, 0.2) is 336 Å². The van der Waals surface area contributed by atoms with Gasteiger partial charge in [0.05, 0.1) is 22.1 Å². The van der Waals surface area contributed by atoms with Crippen molar-refractivity contribution in [3.8, 4) is 125 Å². The standard InChI is InChI=1S/C90H54N10O2/c1-4-20-56(21-5-1)83-93-84(57-22-6-2-7-23-57)95-86(94-83)59-42-40-55(41-43-59)61-27-17-29-67(52-61)99-75-35-13-10-30-69(75)82-72(33-19-37-77(82)99)90-92-74-54-64(47-49-80(74)102-90)60-26-16-28-65(50-60)87-96-85(58-24-8-3-9-25-58)97-88(98-87)66-45-44-63-53-68(48-46-62(63)51-66)100-76-36-14-11-31-70(76)81-71(32-18-38-78(81)100)89-91-73-34-12-15-39-79(73)101-89/h1-54H. The highest BCUT2D eigenvalue weighted by molar-refractivity contribution is 6.17. The molecule has 0 saturated heterocycles. The molecule has 0 saturated carbocycles. The zero-order chi connectivity index (χ0) is 67.2. The predicted molar refractivity (Wildman–Crippen MR) is 409 cm³/mol. The van der Waals surface area contributed by atoms with Crippen molar-refractivity contribution in [1.82, 2.24) is 49.0 Å². The molecule has 0 N–H and O–H groups in total. The molecule has 12 heteroatoms. The van der Waals surface area contributed by atoms with E-state index in [1.54, 1.807) is 0 Å². The molecule has 0 unspecified atom stereocenters. The van der Waals surface area contributed by atoms with E-state index in [1.165, 1.54) is 0 Å². The molecule has 20 rings (SSSR count). The van der Waals surface area contributed by atoms with Crippen molar-refractivity contribution in [2.45, 2.75) is 0 Å². The Kier molecular flexibility index (Phi) is 13.6.